The van der Waals surface area contributed by atoms with Crippen molar-refractivity contribution in [2.75, 3.05) is 0 Å². The number of hydrogen-bond donors (Lipinski definition) is 0. The van der Waals surface area contributed by atoms with Crippen LogP contribution < -0.4 is 0 Å². The highest BCUT2D eigenvalue weighted by Crippen LogP contribution is 2.41. The summed E-state index contributed by atoms with van der Waals surface area (Å²) in [4.78, 5) is 15.5. The molecule has 0 atom stereocenters. The van der Waals surface area contributed by atoms with E-state index in [1.807, 2.05) is 18.2 Å². The van der Waals surface area contributed by atoms with Crippen LogP contribution in [-0.2, 0) is 0 Å². The monoisotopic (exact) mass is 707 g/mol. The Bertz CT molecular complexity index is 3220. The number of para-hydroxylation sites is 1. The summed E-state index contributed by atoms with van der Waals surface area (Å²) in [5.74, 6) is 1.82. The molecular weight excluding hydrogens is 679 g/mol. The second-order valence-corrected chi connectivity index (χ2v) is 14.7. The Morgan fingerprint density at radius 3 is 1.83 bits per heavy atom. The lowest BCUT2D eigenvalue weighted by Gasteiger charge is -2.11. The summed E-state index contributed by atoms with van der Waals surface area (Å²) in [6.07, 6.45) is 0. The molecule has 0 aliphatic rings. The quantitative estimate of drug-likeness (QED) is 0.179. The highest BCUT2D eigenvalue weighted by molar-refractivity contribution is 7.25. The molecule has 0 unspecified atom stereocenters. The van der Waals surface area contributed by atoms with Crippen molar-refractivity contribution in [2.24, 2.45) is 0 Å². The first kappa shape index (κ1) is 30.7. The number of nitrogens with zero attached hydrogens (tertiary/aromatic N) is 3. The van der Waals surface area contributed by atoms with Gasteiger partial charge in [0, 0.05) is 47.6 Å². The van der Waals surface area contributed by atoms with Gasteiger partial charge in [-0.25, -0.2) is 15.0 Å². The number of thiophene rings is 1. The molecule has 0 saturated heterocycles. The Morgan fingerprint density at radius 1 is 0.352 bits per heavy atom. The number of aromatic nitrogens is 3. The van der Waals surface area contributed by atoms with E-state index in [1.165, 1.54) is 36.5 Å². The Balaban J connectivity index is 1.10. The third-order valence-corrected chi connectivity index (χ3v) is 11.5. The minimum Gasteiger partial charge on any atom is -0.456 e. The van der Waals surface area contributed by atoms with Gasteiger partial charge in [0.05, 0.1) is 0 Å². The first-order valence-electron chi connectivity index (χ1n) is 18.0. The second-order valence-electron chi connectivity index (χ2n) is 13.6. The largest absolute Gasteiger partial charge is 0.456 e. The van der Waals surface area contributed by atoms with E-state index in [4.69, 9.17) is 19.4 Å². The third kappa shape index (κ3) is 5.17. The fourth-order valence-corrected chi connectivity index (χ4v) is 8.72. The third-order valence-electron chi connectivity index (χ3n) is 10.3. The molecular formula is C49H29N3OS. The van der Waals surface area contributed by atoms with Crippen molar-refractivity contribution in [1.82, 2.24) is 15.0 Å². The van der Waals surface area contributed by atoms with E-state index in [2.05, 4.69) is 158 Å². The lowest BCUT2D eigenvalue weighted by atomic mass is 9.96. The molecule has 0 saturated carbocycles. The van der Waals surface area contributed by atoms with Gasteiger partial charge in [-0.15, -0.1) is 11.3 Å². The Morgan fingerprint density at radius 2 is 0.981 bits per heavy atom. The molecule has 4 nitrogen and oxygen atoms in total. The van der Waals surface area contributed by atoms with E-state index < -0.39 is 0 Å². The van der Waals surface area contributed by atoms with E-state index >= 15 is 0 Å². The minimum absolute atomic E-state index is 0.586. The fraction of sp³-hybridized carbons (Fsp3) is 0. The van der Waals surface area contributed by atoms with Crippen LogP contribution in [0.5, 0.6) is 0 Å². The molecule has 3 heterocycles. The van der Waals surface area contributed by atoms with E-state index in [-0.39, 0.29) is 0 Å². The zero-order valence-electron chi connectivity index (χ0n) is 28.9. The lowest BCUT2D eigenvalue weighted by molar-refractivity contribution is 0.669. The van der Waals surface area contributed by atoms with Gasteiger partial charge in [-0.1, -0.05) is 127 Å². The molecule has 0 aliphatic carbocycles. The van der Waals surface area contributed by atoms with Crippen LogP contribution >= 0.6 is 11.3 Å². The van der Waals surface area contributed by atoms with Crippen molar-refractivity contribution in [3.8, 4) is 56.4 Å². The predicted molar refractivity (Wildman–Crippen MR) is 225 cm³/mol. The molecule has 0 aliphatic heterocycles. The van der Waals surface area contributed by atoms with Crippen molar-refractivity contribution in [3.05, 3.63) is 176 Å². The summed E-state index contributed by atoms with van der Waals surface area (Å²) < 4.78 is 9.00. The van der Waals surface area contributed by atoms with Crippen LogP contribution in [0.1, 0.15) is 0 Å². The summed E-state index contributed by atoms with van der Waals surface area (Å²) in [5, 5.41) is 7.05. The van der Waals surface area contributed by atoms with Crippen molar-refractivity contribution in [3.63, 3.8) is 0 Å². The van der Waals surface area contributed by atoms with Crippen LogP contribution in [0.25, 0.3) is 109 Å². The topological polar surface area (TPSA) is 51.8 Å². The number of hydrogen-bond acceptors (Lipinski definition) is 5. The van der Waals surface area contributed by atoms with Gasteiger partial charge in [0.2, 0.25) is 0 Å². The molecule has 5 heteroatoms. The van der Waals surface area contributed by atoms with Gasteiger partial charge in [-0.2, -0.15) is 0 Å². The molecule has 0 bridgehead atoms. The van der Waals surface area contributed by atoms with Crippen LogP contribution in [0, 0.1) is 0 Å². The number of furan rings is 1. The van der Waals surface area contributed by atoms with Crippen molar-refractivity contribution in [2.45, 2.75) is 0 Å². The minimum atomic E-state index is 0.586. The highest BCUT2D eigenvalue weighted by Gasteiger charge is 2.19. The maximum atomic E-state index is 6.50. The van der Waals surface area contributed by atoms with Crippen LogP contribution in [0.4, 0.5) is 0 Å². The van der Waals surface area contributed by atoms with Crippen LogP contribution in [0.2, 0.25) is 0 Å². The maximum Gasteiger partial charge on any atom is 0.164 e. The zero-order chi connectivity index (χ0) is 35.6. The number of benzene rings is 8. The molecule has 11 rings (SSSR count). The van der Waals surface area contributed by atoms with Gasteiger partial charge in [0.1, 0.15) is 11.2 Å². The Kier molecular flexibility index (Phi) is 7.00. The van der Waals surface area contributed by atoms with Crippen molar-refractivity contribution < 1.29 is 4.42 Å². The van der Waals surface area contributed by atoms with Crippen LogP contribution in [0.15, 0.2) is 180 Å². The first-order chi connectivity index (χ1) is 26.7. The Hall–Kier alpha value is -6.95. The molecule has 252 valence electrons. The molecule has 0 amide bonds. The van der Waals surface area contributed by atoms with Gasteiger partial charge in [0.15, 0.2) is 17.5 Å². The van der Waals surface area contributed by atoms with Crippen molar-refractivity contribution >= 4 is 64.2 Å². The first-order valence-corrected chi connectivity index (χ1v) is 18.8. The summed E-state index contributed by atoms with van der Waals surface area (Å²) in [5.41, 5.74) is 8.84. The number of rotatable bonds is 5. The molecule has 11 aromatic rings. The molecule has 0 spiro atoms. The average Bonchev–Trinajstić information content (AvgIpc) is 3.81. The van der Waals surface area contributed by atoms with Crippen LogP contribution in [-0.4, -0.2) is 15.0 Å². The van der Waals surface area contributed by atoms with E-state index in [0.29, 0.717) is 17.5 Å². The lowest BCUT2D eigenvalue weighted by Crippen LogP contribution is -2.00. The zero-order valence-corrected chi connectivity index (χ0v) is 29.7. The van der Waals surface area contributed by atoms with Crippen molar-refractivity contribution in [1.29, 1.82) is 0 Å². The maximum absolute atomic E-state index is 6.50. The second kappa shape index (κ2) is 12.3. The van der Waals surface area contributed by atoms with Gasteiger partial charge in [0.25, 0.3) is 0 Å². The smallest absolute Gasteiger partial charge is 0.164 e. The van der Waals surface area contributed by atoms with Gasteiger partial charge < -0.3 is 4.42 Å². The summed E-state index contributed by atoms with van der Waals surface area (Å²) in [7, 11) is 0. The van der Waals surface area contributed by atoms with Crippen LogP contribution in [0.3, 0.4) is 0 Å². The van der Waals surface area contributed by atoms with E-state index in [9.17, 15) is 0 Å². The van der Waals surface area contributed by atoms with Gasteiger partial charge >= 0.3 is 0 Å². The average molecular weight is 708 g/mol. The molecule has 0 N–H and O–H groups in total. The Labute approximate surface area is 314 Å². The predicted octanol–water partition coefficient (Wildman–Crippen LogP) is 13.6. The highest BCUT2D eigenvalue weighted by atomic mass is 32.1. The van der Waals surface area contributed by atoms with E-state index in [0.717, 1.165) is 55.3 Å². The SMILES string of the molecule is c1ccc(-c2cc(-c3nc(-c4ccc(-c5ccc6ccccc6c5)cc4)nc(-c4ccc5sc6ccccc6c5c4)n3)cc3oc4ccccc4c23)cc1. The molecule has 0 radical (unpaired) electrons. The normalized spacial score (nSPS) is 11.7. The number of fused-ring (bicyclic) bond motifs is 7. The van der Waals surface area contributed by atoms with Gasteiger partial charge in [-0.3, -0.25) is 0 Å². The van der Waals surface area contributed by atoms with Gasteiger partial charge in [-0.05, 0) is 81.6 Å². The molecule has 0 fully saturated rings. The fourth-order valence-electron chi connectivity index (χ4n) is 7.64. The summed E-state index contributed by atoms with van der Waals surface area (Å²) in [6.45, 7) is 0. The summed E-state index contributed by atoms with van der Waals surface area (Å²) >= 11 is 1.80. The standard InChI is InChI=1S/C49H29N3OS/c1-2-11-32(12-3-1)40-28-37(29-43-46(40)39-15-6-8-16-42(39)53-43)49-51-47(33-21-18-31(19-22-33)35-23-20-30-10-4-5-13-34(30)26-35)50-48(52-49)36-24-25-45-41(27-36)38-14-7-9-17-44(38)54-45/h1-29H. The summed E-state index contributed by atoms with van der Waals surface area (Å²) in [6, 6.07) is 61.6. The molecule has 3 aromatic heterocycles. The van der Waals surface area contributed by atoms with E-state index in [1.54, 1.807) is 11.3 Å². The molecule has 54 heavy (non-hydrogen) atoms. The molecule has 8 aromatic carbocycles.